The smallest absolute Gasteiger partial charge is 0.0746 e. The van der Waals surface area contributed by atoms with Gasteiger partial charge < -0.3 is 15.4 Å². The molecule has 2 atom stereocenters. The second kappa shape index (κ2) is 6.92. The third-order valence-corrected chi connectivity index (χ3v) is 4.04. The second-order valence-electron chi connectivity index (χ2n) is 5.48. The molecule has 3 nitrogen and oxygen atoms in total. The lowest BCUT2D eigenvalue weighted by Gasteiger charge is -2.33. The Morgan fingerprint density at radius 2 is 2.11 bits per heavy atom. The molecule has 2 N–H and O–H groups in total. The summed E-state index contributed by atoms with van der Waals surface area (Å²) in [7, 11) is 1.81. The highest BCUT2D eigenvalue weighted by Crippen LogP contribution is 2.22. The van der Waals surface area contributed by atoms with Crippen molar-refractivity contribution in [3.8, 4) is 0 Å². The Hall–Kier alpha value is -1.06. The summed E-state index contributed by atoms with van der Waals surface area (Å²) in [5, 5.41) is 0. The van der Waals surface area contributed by atoms with E-state index in [9.17, 15) is 0 Å². The second-order valence-corrected chi connectivity index (χ2v) is 5.48. The normalized spacial score (nSPS) is 21.4. The predicted octanol–water partition coefficient (Wildman–Crippen LogP) is 2.58. The van der Waals surface area contributed by atoms with E-state index in [1.807, 2.05) is 7.11 Å². The Labute approximate surface area is 116 Å². The fraction of sp³-hybridized carbons (Fsp3) is 0.625. The van der Waals surface area contributed by atoms with E-state index in [1.54, 1.807) is 0 Å². The van der Waals surface area contributed by atoms with E-state index in [4.69, 9.17) is 10.5 Å². The van der Waals surface area contributed by atoms with E-state index in [1.165, 1.54) is 24.1 Å². The molecule has 0 spiro atoms. The molecule has 1 fully saturated rings. The van der Waals surface area contributed by atoms with Crippen molar-refractivity contribution in [2.24, 2.45) is 5.73 Å². The maximum absolute atomic E-state index is 6.00. The van der Waals surface area contributed by atoms with Gasteiger partial charge in [0.15, 0.2) is 0 Å². The van der Waals surface area contributed by atoms with Gasteiger partial charge in [-0.3, -0.25) is 0 Å². The van der Waals surface area contributed by atoms with Crippen LogP contribution in [0, 0.1) is 0 Å². The third kappa shape index (κ3) is 3.95. The molecule has 1 aliphatic rings. The molecule has 1 aromatic carbocycles. The Morgan fingerprint density at radius 3 is 2.74 bits per heavy atom. The maximum Gasteiger partial charge on any atom is 0.0746 e. The largest absolute Gasteiger partial charge is 0.380 e. The molecule has 106 valence electrons. The lowest BCUT2D eigenvalue weighted by Crippen LogP contribution is -2.39. The minimum absolute atomic E-state index is 0.277. The van der Waals surface area contributed by atoms with Gasteiger partial charge in [0.05, 0.1) is 6.10 Å². The highest BCUT2D eigenvalue weighted by molar-refractivity contribution is 5.48. The fourth-order valence-corrected chi connectivity index (χ4v) is 2.66. The first-order valence-electron chi connectivity index (χ1n) is 7.35. The topological polar surface area (TPSA) is 38.5 Å². The number of piperidine rings is 1. The molecule has 0 radical (unpaired) electrons. The van der Waals surface area contributed by atoms with Crippen molar-refractivity contribution in [2.75, 3.05) is 25.1 Å². The van der Waals surface area contributed by atoms with Gasteiger partial charge in [-0.25, -0.2) is 0 Å². The van der Waals surface area contributed by atoms with Crippen LogP contribution < -0.4 is 10.6 Å². The third-order valence-electron chi connectivity index (χ3n) is 4.04. The summed E-state index contributed by atoms with van der Waals surface area (Å²) >= 11 is 0. The van der Waals surface area contributed by atoms with Crippen LogP contribution in [0.2, 0.25) is 0 Å². The number of rotatable bonds is 5. The molecule has 0 aromatic heterocycles. The molecule has 1 heterocycles. The van der Waals surface area contributed by atoms with Crippen LogP contribution in [0.25, 0.3) is 0 Å². The predicted molar refractivity (Wildman–Crippen MR) is 80.7 cm³/mol. The molecular weight excluding hydrogens is 236 g/mol. The van der Waals surface area contributed by atoms with Gasteiger partial charge in [-0.05, 0) is 43.4 Å². The molecule has 0 saturated carbocycles. The Morgan fingerprint density at radius 1 is 1.37 bits per heavy atom. The number of anilines is 1. The minimum Gasteiger partial charge on any atom is -0.380 e. The first-order valence-corrected chi connectivity index (χ1v) is 7.35. The molecule has 19 heavy (non-hydrogen) atoms. The summed E-state index contributed by atoms with van der Waals surface area (Å²) in [4.78, 5) is 2.42. The summed E-state index contributed by atoms with van der Waals surface area (Å²) in [5.74, 6) is 0. The van der Waals surface area contributed by atoms with Gasteiger partial charge >= 0.3 is 0 Å². The Kier molecular flexibility index (Phi) is 5.23. The average molecular weight is 262 g/mol. The van der Waals surface area contributed by atoms with Crippen LogP contribution >= 0.6 is 0 Å². The van der Waals surface area contributed by atoms with Crippen LogP contribution in [0.5, 0.6) is 0 Å². The molecule has 0 aliphatic carbocycles. The van der Waals surface area contributed by atoms with Crippen molar-refractivity contribution < 1.29 is 4.74 Å². The van der Waals surface area contributed by atoms with E-state index in [2.05, 4.69) is 36.1 Å². The van der Waals surface area contributed by atoms with Gasteiger partial charge in [-0.1, -0.05) is 19.1 Å². The molecule has 0 bridgehead atoms. The van der Waals surface area contributed by atoms with E-state index < -0.39 is 0 Å². The van der Waals surface area contributed by atoms with Gasteiger partial charge in [0, 0.05) is 31.9 Å². The van der Waals surface area contributed by atoms with Crippen molar-refractivity contribution in [2.45, 2.75) is 44.8 Å². The molecule has 2 rings (SSSR count). The average Bonchev–Trinajstić information content (AvgIpc) is 2.48. The standard InChI is InChI=1S/C16H26N2O/c1-3-14(17)11-13-6-8-15(9-7-13)18-10-4-5-16(12-18)19-2/h6-9,14,16H,3-5,10-12,17H2,1-2H3. The van der Waals surface area contributed by atoms with Gasteiger partial charge in [-0.15, -0.1) is 0 Å². The monoisotopic (exact) mass is 262 g/mol. The molecule has 2 unspecified atom stereocenters. The zero-order chi connectivity index (χ0) is 13.7. The summed E-state index contributed by atoms with van der Waals surface area (Å²) in [5.41, 5.74) is 8.63. The van der Waals surface area contributed by atoms with Gasteiger partial charge in [0.2, 0.25) is 0 Å². The number of hydrogen-bond donors (Lipinski definition) is 1. The number of methoxy groups -OCH3 is 1. The highest BCUT2D eigenvalue weighted by Gasteiger charge is 2.19. The van der Waals surface area contributed by atoms with Crippen LogP contribution in [0.4, 0.5) is 5.69 Å². The summed E-state index contributed by atoms with van der Waals surface area (Å²) in [6.07, 6.45) is 4.76. The molecule has 0 amide bonds. The molecule has 1 saturated heterocycles. The number of benzene rings is 1. The quantitative estimate of drug-likeness (QED) is 0.886. The molecule has 1 aromatic rings. The zero-order valence-corrected chi connectivity index (χ0v) is 12.1. The highest BCUT2D eigenvalue weighted by atomic mass is 16.5. The molecule has 1 aliphatic heterocycles. The number of nitrogens with two attached hydrogens (primary N) is 1. The van der Waals surface area contributed by atoms with E-state index >= 15 is 0 Å². The SMILES string of the molecule is CCC(N)Cc1ccc(N2CCCC(OC)C2)cc1. The summed E-state index contributed by atoms with van der Waals surface area (Å²) in [6.45, 7) is 4.27. The van der Waals surface area contributed by atoms with Gasteiger partial charge in [-0.2, -0.15) is 0 Å². The Balaban J connectivity index is 1.97. The fourth-order valence-electron chi connectivity index (χ4n) is 2.66. The van der Waals surface area contributed by atoms with Crippen molar-refractivity contribution >= 4 is 5.69 Å². The number of hydrogen-bond acceptors (Lipinski definition) is 3. The number of nitrogens with zero attached hydrogens (tertiary/aromatic N) is 1. The van der Waals surface area contributed by atoms with Crippen LogP contribution in [-0.2, 0) is 11.2 Å². The first-order chi connectivity index (χ1) is 9.22. The first kappa shape index (κ1) is 14.4. The van der Waals surface area contributed by atoms with E-state index in [0.29, 0.717) is 6.10 Å². The van der Waals surface area contributed by atoms with Gasteiger partial charge in [0.25, 0.3) is 0 Å². The van der Waals surface area contributed by atoms with E-state index in [-0.39, 0.29) is 6.04 Å². The summed E-state index contributed by atoms with van der Waals surface area (Å²) < 4.78 is 5.48. The lowest BCUT2D eigenvalue weighted by atomic mass is 10.0. The maximum atomic E-state index is 6.00. The van der Waals surface area contributed by atoms with Crippen molar-refractivity contribution in [3.05, 3.63) is 29.8 Å². The van der Waals surface area contributed by atoms with Crippen LogP contribution in [0.1, 0.15) is 31.7 Å². The van der Waals surface area contributed by atoms with E-state index in [0.717, 1.165) is 25.9 Å². The summed E-state index contributed by atoms with van der Waals surface area (Å²) in [6, 6.07) is 9.13. The van der Waals surface area contributed by atoms with Crippen molar-refractivity contribution in [1.82, 2.24) is 0 Å². The zero-order valence-electron chi connectivity index (χ0n) is 12.1. The van der Waals surface area contributed by atoms with Crippen molar-refractivity contribution in [1.29, 1.82) is 0 Å². The molecular formula is C16H26N2O. The Bertz CT molecular complexity index is 377. The van der Waals surface area contributed by atoms with Crippen LogP contribution in [0.15, 0.2) is 24.3 Å². The lowest BCUT2D eigenvalue weighted by molar-refractivity contribution is 0.0893. The van der Waals surface area contributed by atoms with Crippen LogP contribution in [-0.4, -0.2) is 32.3 Å². The molecule has 3 heteroatoms. The minimum atomic E-state index is 0.277. The van der Waals surface area contributed by atoms with Crippen LogP contribution in [0.3, 0.4) is 0 Å². The van der Waals surface area contributed by atoms with Gasteiger partial charge in [0.1, 0.15) is 0 Å². The van der Waals surface area contributed by atoms with Crippen molar-refractivity contribution in [3.63, 3.8) is 0 Å². The number of ether oxygens (including phenoxy) is 1.